The lowest BCUT2D eigenvalue weighted by atomic mass is 10.0. The molecule has 5 heteroatoms. The molecule has 34 heavy (non-hydrogen) atoms. The number of fused-ring (bicyclic) bond motifs is 1. The summed E-state index contributed by atoms with van der Waals surface area (Å²) in [7, 11) is 1.83. The molecule has 0 spiro atoms. The third kappa shape index (κ3) is 5.30. The fourth-order valence-corrected chi connectivity index (χ4v) is 4.06. The molecule has 0 aliphatic carbocycles. The molecule has 0 unspecified atom stereocenters. The van der Waals surface area contributed by atoms with E-state index in [0.29, 0.717) is 29.5 Å². The number of rotatable bonds is 7. The average molecular weight is 460 g/mol. The summed E-state index contributed by atoms with van der Waals surface area (Å²) in [6.07, 6.45) is -0.0128. The van der Waals surface area contributed by atoms with Gasteiger partial charge in [0.2, 0.25) is 0 Å². The number of hydrogen-bond donors (Lipinski definition) is 0. The number of ether oxygens (including phenoxy) is 1. The molecule has 0 saturated heterocycles. The highest BCUT2D eigenvalue weighted by Gasteiger charge is 2.17. The number of hydrogen-bond acceptors (Lipinski definition) is 3. The zero-order chi connectivity index (χ0) is 24.4. The van der Waals surface area contributed by atoms with Crippen molar-refractivity contribution >= 4 is 16.9 Å². The predicted molar refractivity (Wildman–Crippen MR) is 135 cm³/mol. The van der Waals surface area contributed by atoms with Gasteiger partial charge in [-0.3, -0.25) is 4.79 Å². The van der Waals surface area contributed by atoms with Gasteiger partial charge in [0.1, 0.15) is 22.9 Å². The van der Waals surface area contributed by atoms with Gasteiger partial charge in [0, 0.05) is 30.1 Å². The maximum Gasteiger partial charge on any atom is 0.253 e. The van der Waals surface area contributed by atoms with Crippen molar-refractivity contribution in [3.05, 3.63) is 78.1 Å². The molecule has 0 bridgehead atoms. The van der Waals surface area contributed by atoms with Gasteiger partial charge in [-0.25, -0.2) is 4.39 Å². The first kappa shape index (κ1) is 23.6. The van der Waals surface area contributed by atoms with Gasteiger partial charge < -0.3 is 14.1 Å². The van der Waals surface area contributed by atoms with E-state index in [1.807, 2.05) is 63.4 Å². The van der Waals surface area contributed by atoms with Crippen LogP contribution in [0.3, 0.4) is 0 Å². The monoisotopic (exact) mass is 459 g/mol. The summed E-state index contributed by atoms with van der Waals surface area (Å²) in [5.41, 5.74) is 3.99. The van der Waals surface area contributed by atoms with Gasteiger partial charge in [0.05, 0.1) is 6.10 Å². The molecule has 3 aromatic carbocycles. The Balaban J connectivity index is 1.73. The molecule has 176 valence electrons. The van der Waals surface area contributed by atoms with Crippen LogP contribution in [-0.4, -0.2) is 30.5 Å². The van der Waals surface area contributed by atoms with Crippen LogP contribution in [0.25, 0.3) is 33.4 Å². The van der Waals surface area contributed by atoms with Crippen molar-refractivity contribution in [3.63, 3.8) is 0 Å². The molecule has 1 amide bonds. The molecule has 0 fully saturated rings. The quantitative estimate of drug-likeness (QED) is 0.289. The Morgan fingerprint density at radius 1 is 0.912 bits per heavy atom. The lowest BCUT2D eigenvalue weighted by molar-refractivity contribution is 0.0778. The van der Waals surface area contributed by atoms with Crippen LogP contribution in [0.4, 0.5) is 4.39 Å². The lowest BCUT2D eigenvalue weighted by Crippen LogP contribution is -2.30. The fourth-order valence-electron chi connectivity index (χ4n) is 4.06. The van der Waals surface area contributed by atoms with Crippen molar-refractivity contribution < 1.29 is 18.3 Å². The lowest BCUT2D eigenvalue weighted by Gasteiger charge is -2.21. The number of amides is 1. The maximum atomic E-state index is 13.3. The van der Waals surface area contributed by atoms with E-state index < -0.39 is 0 Å². The Labute approximate surface area is 200 Å². The van der Waals surface area contributed by atoms with E-state index in [9.17, 15) is 9.18 Å². The molecule has 1 heterocycles. The largest absolute Gasteiger partial charge is 0.491 e. The molecule has 4 nitrogen and oxygen atoms in total. The first-order valence-electron chi connectivity index (χ1n) is 11.6. The summed E-state index contributed by atoms with van der Waals surface area (Å²) in [5, 5.41) is 0.928. The molecule has 1 aromatic heterocycles. The first-order chi connectivity index (χ1) is 16.2. The number of benzene rings is 3. The van der Waals surface area contributed by atoms with Crippen LogP contribution in [0.1, 0.15) is 38.1 Å². The van der Waals surface area contributed by atoms with Gasteiger partial charge in [-0.05, 0) is 91.6 Å². The standard InChI is InChI=1S/C29H30FNO3/c1-18(2)17-31(5)29(32)24-13-22(14-26(15-24)33-19(3)4)21-8-11-27-23(12-21)16-28(34-27)20-6-9-25(30)10-7-20/h6-16,18-19H,17H2,1-5H3. The zero-order valence-electron chi connectivity index (χ0n) is 20.3. The summed E-state index contributed by atoms with van der Waals surface area (Å²) < 4.78 is 25.2. The van der Waals surface area contributed by atoms with Gasteiger partial charge in [0.25, 0.3) is 5.91 Å². The minimum Gasteiger partial charge on any atom is -0.491 e. The highest BCUT2D eigenvalue weighted by Crippen LogP contribution is 2.33. The van der Waals surface area contributed by atoms with Gasteiger partial charge in [0.15, 0.2) is 0 Å². The summed E-state index contributed by atoms with van der Waals surface area (Å²) in [4.78, 5) is 14.9. The van der Waals surface area contributed by atoms with E-state index in [0.717, 1.165) is 27.7 Å². The number of carbonyl (C=O) groups is 1. The smallest absolute Gasteiger partial charge is 0.253 e. The SMILES string of the molecule is CC(C)CN(C)C(=O)c1cc(OC(C)C)cc(-c2ccc3oc(-c4ccc(F)cc4)cc3c2)c1. The average Bonchev–Trinajstić information content (AvgIpc) is 3.21. The molecule has 4 rings (SSSR count). The Morgan fingerprint density at radius 2 is 1.62 bits per heavy atom. The molecule has 0 saturated carbocycles. The van der Waals surface area contributed by atoms with Crippen LogP contribution >= 0.6 is 0 Å². The van der Waals surface area contributed by atoms with E-state index in [2.05, 4.69) is 13.8 Å². The van der Waals surface area contributed by atoms with E-state index in [1.165, 1.54) is 12.1 Å². The Morgan fingerprint density at radius 3 is 2.29 bits per heavy atom. The Kier molecular flexibility index (Phi) is 6.73. The van der Waals surface area contributed by atoms with Gasteiger partial charge in [-0.2, -0.15) is 0 Å². The van der Waals surface area contributed by atoms with E-state index in [1.54, 1.807) is 17.0 Å². The van der Waals surface area contributed by atoms with Crippen LogP contribution in [-0.2, 0) is 0 Å². The van der Waals surface area contributed by atoms with Gasteiger partial charge in [-0.1, -0.05) is 19.9 Å². The van der Waals surface area contributed by atoms with Crippen molar-refractivity contribution in [1.82, 2.24) is 4.90 Å². The van der Waals surface area contributed by atoms with E-state index in [4.69, 9.17) is 9.15 Å². The molecule has 0 N–H and O–H groups in total. The molecule has 4 aromatic rings. The number of halogens is 1. The summed E-state index contributed by atoms with van der Waals surface area (Å²) in [6, 6.07) is 19.8. The van der Waals surface area contributed by atoms with Crippen molar-refractivity contribution in [2.45, 2.75) is 33.8 Å². The molecule has 0 atom stereocenters. The normalized spacial score (nSPS) is 11.4. The molecule has 0 aliphatic rings. The van der Waals surface area contributed by atoms with Gasteiger partial charge in [-0.15, -0.1) is 0 Å². The zero-order valence-corrected chi connectivity index (χ0v) is 20.3. The molecular formula is C29H30FNO3. The third-order valence-corrected chi connectivity index (χ3v) is 5.49. The van der Waals surface area contributed by atoms with Crippen LogP contribution in [0.2, 0.25) is 0 Å². The Bertz CT molecular complexity index is 1300. The fraction of sp³-hybridized carbons (Fsp3) is 0.276. The number of nitrogens with zero attached hydrogens (tertiary/aromatic N) is 1. The van der Waals surface area contributed by atoms with Crippen molar-refractivity contribution in [2.75, 3.05) is 13.6 Å². The maximum absolute atomic E-state index is 13.3. The van der Waals surface area contributed by atoms with Gasteiger partial charge >= 0.3 is 0 Å². The summed E-state index contributed by atoms with van der Waals surface area (Å²) in [6.45, 7) is 8.79. The number of furan rings is 1. The topological polar surface area (TPSA) is 42.7 Å². The van der Waals surface area contributed by atoms with Crippen LogP contribution in [0.5, 0.6) is 5.75 Å². The first-order valence-corrected chi connectivity index (χ1v) is 11.6. The molecule has 0 radical (unpaired) electrons. The van der Waals surface area contributed by atoms with Crippen LogP contribution < -0.4 is 4.74 Å². The van der Waals surface area contributed by atoms with E-state index >= 15 is 0 Å². The highest BCUT2D eigenvalue weighted by atomic mass is 19.1. The second-order valence-electron chi connectivity index (χ2n) is 9.36. The molecular weight excluding hydrogens is 429 g/mol. The van der Waals surface area contributed by atoms with E-state index in [-0.39, 0.29) is 17.8 Å². The highest BCUT2D eigenvalue weighted by molar-refractivity contribution is 5.96. The summed E-state index contributed by atoms with van der Waals surface area (Å²) in [5.74, 6) is 1.40. The van der Waals surface area contributed by atoms with Crippen molar-refractivity contribution in [3.8, 4) is 28.2 Å². The predicted octanol–water partition coefficient (Wildman–Crippen LogP) is 7.42. The van der Waals surface area contributed by atoms with Crippen molar-refractivity contribution in [2.24, 2.45) is 5.92 Å². The minimum absolute atomic E-state index is 0.0128. The Hall–Kier alpha value is -3.60. The van der Waals surface area contributed by atoms with Crippen LogP contribution in [0, 0.1) is 11.7 Å². The number of carbonyl (C=O) groups excluding carboxylic acids is 1. The second kappa shape index (κ2) is 9.72. The van der Waals surface area contributed by atoms with Crippen molar-refractivity contribution in [1.29, 1.82) is 0 Å². The third-order valence-electron chi connectivity index (χ3n) is 5.49. The second-order valence-corrected chi connectivity index (χ2v) is 9.36. The summed E-state index contributed by atoms with van der Waals surface area (Å²) >= 11 is 0. The minimum atomic E-state index is -0.282. The molecule has 0 aliphatic heterocycles. The van der Waals surface area contributed by atoms with Crippen LogP contribution in [0.15, 0.2) is 71.1 Å².